The molecule has 0 aliphatic heterocycles. The number of aryl methyl sites for hydroxylation is 1. The molecule has 140 valence electrons. The number of amides is 1. The summed E-state index contributed by atoms with van der Waals surface area (Å²) in [5.74, 6) is -0.635. The van der Waals surface area contributed by atoms with E-state index in [4.69, 9.17) is 4.74 Å². The van der Waals surface area contributed by atoms with Gasteiger partial charge in [0.05, 0.1) is 12.6 Å². The predicted molar refractivity (Wildman–Crippen MR) is 105 cm³/mol. The highest BCUT2D eigenvalue weighted by Gasteiger charge is 2.21. The number of para-hydroxylation sites is 1. The normalized spacial score (nSPS) is 10.8. The van der Waals surface area contributed by atoms with Gasteiger partial charge in [-0.15, -0.1) is 0 Å². The summed E-state index contributed by atoms with van der Waals surface area (Å²) in [6.45, 7) is 4.28. The summed E-state index contributed by atoms with van der Waals surface area (Å²) < 4.78 is 6.78. The largest absolute Gasteiger partial charge is 0.497 e. The lowest BCUT2D eigenvalue weighted by Crippen LogP contribution is -2.34. The first-order valence-corrected chi connectivity index (χ1v) is 8.72. The molecular weight excluding hydrogens is 344 g/mol. The fourth-order valence-corrected chi connectivity index (χ4v) is 3.28. The molecule has 0 aliphatic carbocycles. The molecule has 1 N–H and O–H groups in total. The molecule has 0 spiro atoms. The summed E-state index contributed by atoms with van der Waals surface area (Å²) in [5, 5.41) is 10.3. The molecule has 0 unspecified atom stereocenters. The second-order valence-corrected chi connectivity index (χ2v) is 6.27. The monoisotopic (exact) mass is 366 g/mol. The maximum Gasteiger partial charge on any atom is 0.352 e. The molecule has 1 aromatic heterocycles. The first kappa shape index (κ1) is 18.5. The first-order chi connectivity index (χ1) is 13.0. The van der Waals surface area contributed by atoms with E-state index in [0.29, 0.717) is 17.8 Å². The number of carbonyl (C=O) groups is 2. The van der Waals surface area contributed by atoms with E-state index in [-0.39, 0.29) is 18.1 Å². The number of aromatic nitrogens is 1. The Hall–Kier alpha value is -3.28. The van der Waals surface area contributed by atoms with Crippen LogP contribution < -0.4 is 9.64 Å². The van der Waals surface area contributed by atoms with Crippen LogP contribution in [-0.4, -0.2) is 35.2 Å². The highest BCUT2D eigenvalue weighted by molar-refractivity contribution is 5.99. The van der Waals surface area contributed by atoms with Crippen LogP contribution in [0.4, 0.5) is 5.69 Å². The van der Waals surface area contributed by atoms with Gasteiger partial charge in [-0.25, -0.2) is 4.79 Å². The molecule has 0 atom stereocenters. The number of hydrogen-bond acceptors (Lipinski definition) is 3. The molecule has 27 heavy (non-hydrogen) atoms. The molecule has 0 saturated heterocycles. The highest BCUT2D eigenvalue weighted by Crippen LogP contribution is 2.26. The van der Waals surface area contributed by atoms with E-state index in [2.05, 4.69) is 0 Å². The summed E-state index contributed by atoms with van der Waals surface area (Å²) >= 11 is 0. The van der Waals surface area contributed by atoms with Crippen LogP contribution in [-0.2, 0) is 11.3 Å². The number of carboxylic acid groups (broad SMARTS) is 1. The SMILES string of the molecule is CCN(C(=O)Cn1c(C(=O)O)cc2ccc(OC)cc21)c1ccccc1C. The van der Waals surface area contributed by atoms with Crippen molar-refractivity contribution in [2.75, 3.05) is 18.6 Å². The lowest BCUT2D eigenvalue weighted by atomic mass is 10.2. The third-order valence-electron chi connectivity index (χ3n) is 4.65. The third kappa shape index (κ3) is 3.51. The van der Waals surface area contributed by atoms with Crippen LogP contribution in [0.3, 0.4) is 0 Å². The Kier molecular flexibility index (Phi) is 5.16. The Labute approximate surface area is 157 Å². The van der Waals surface area contributed by atoms with Gasteiger partial charge in [-0.2, -0.15) is 0 Å². The minimum Gasteiger partial charge on any atom is -0.497 e. The number of fused-ring (bicyclic) bond motifs is 1. The number of likely N-dealkylation sites (N-methyl/N-ethyl adjacent to an activating group) is 1. The van der Waals surface area contributed by atoms with Crippen molar-refractivity contribution >= 4 is 28.5 Å². The summed E-state index contributed by atoms with van der Waals surface area (Å²) in [5.41, 5.74) is 2.55. The number of hydrogen-bond donors (Lipinski definition) is 1. The zero-order chi connectivity index (χ0) is 19.6. The standard InChI is InChI=1S/C21H22N2O4/c1-4-22(17-8-6-5-7-14(17)2)20(24)13-23-18-12-16(27-3)10-9-15(18)11-19(23)21(25)26/h5-12H,4,13H2,1-3H3,(H,25,26). The molecule has 3 aromatic rings. The number of carbonyl (C=O) groups excluding carboxylic acids is 1. The summed E-state index contributed by atoms with van der Waals surface area (Å²) in [6.07, 6.45) is 0. The number of rotatable bonds is 6. The number of benzene rings is 2. The zero-order valence-electron chi connectivity index (χ0n) is 15.6. The van der Waals surface area contributed by atoms with Gasteiger partial charge in [-0.1, -0.05) is 18.2 Å². The van der Waals surface area contributed by atoms with Crippen molar-refractivity contribution in [1.29, 1.82) is 0 Å². The molecule has 6 nitrogen and oxygen atoms in total. The molecule has 1 amide bonds. The van der Waals surface area contributed by atoms with Crippen LogP contribution in [0.1, 0.15) is 23.0 Å². The molecule has 0 saturated carbocycles. The van der Waals surface area contributed by atoms with E-state index >= 15 is 0 Å². The predicted octanol–water partition coefficient (Wildman–Crippen LogP) is 3.71. The van der Waals surface area contributed by atoms with Gasteiger partial charge in [0, 0.05) is 23.7 Å². The van der Waals surface area contributed by atoms with Crippen LogP contribution >= 0.6 is 0 Å². The second-order valence-electron chi connectivity index (χ2n) is 6.27. The van der Waals surface area contributed by atoms with Crippen molar-refractivity contribution in [3.05, 3.63) is 59.8 Å². The van der Waals surface area contributed by atoms with Crippen LogP contribution in [0, 0.1) is 6.92 Å². The fourth-order valence-electron chi connectivity index (χ4n) is 3.28. The Morgan fingerprint density at radius 3 is 2.52 bits per heavy atom. The van der Waals surface area contributed by atoms with Crippen LogP contribution in [0.5, 0.6) is 5.75 Å². The molecule has 6 heteroatoms. The average Bonchev–Trinajstić information content (AvgIpc) is 3.01. The third-order valence-corrected chi connectivity index (χ3v) is 4.65. The molecule has 0 aliphatic rings. The van der Waals surface area contributed by atoms with Gasteiger partial charge in [0.15, 0.2) is 0 Å². The molecule has 0 radical (unpaired) electrons. The van der Waals surface area contributed by atoms with Gasteiger partial charge in [0.25, 0.3) is 0 Å². The van der Waals surface area contributed by atoms with Gasteiger partial charge < -0.3 is 19.3 Å². The van der Waals surface area contributed by atoms with E-state index in [1.54, 1.807) is 36.3 Å². The van der Waals surface area contributed by atoms with Crippen molar-refractivity contribution in [2.45, 2.75) is 20.4 Å². The lowest BCUT2D eigenvalue weighted by Gasteiger charge is -2.23. The Balaban J connectivity index is 2.04. The average molecular weight is 366 g/mol. The van der Waals surface area contributed by atoms with Gasteiger partial charge in [-0.05, 0) is 43.7 Å². The fraction of sp³-hybridized carbons (Fsp3) is 0.238. The Bertz CT molecular complexity index is 1010. The van der Waals surface area contributed by atoms with E-state index in [9.17, 15) is 14.7 Å². The molecule has 2 aromatic carbocycles. The van der Waals surface area contributed by atoms with Gasteiger partial charge in [0.2, 0.25) is 5.91 Å². The maximum atomic E-state index is 13.0. The number of carboxylic acids is 1. The number of anilines is 1. The molecule has 0 fully saturated rings. The summed E-state index contributed by atoms with van der Waals surface area (Å²) in [6, 6.07) is 14.5. The van der Waals surface area contributed by atoms with Crippen molar-refractivity contribution in [3.63, 3.8) is 0 Å². The Morgan fingerprint density at radius 1 is 1.15 bits per heavy atom. The van der Waals surface area contributed by atoms with E-state index < -0.39 is 5.97 Å². The number of aromatic carboxylic acids is 1. The van der Waals surface area contributed by atoms with Crippen molar-refractivity contribution in [3.8, 4) is 5.75 Å². The van der Waals surface area contributed by atoms with E-state index in [0.717, 1.165) is 16.6 Å². The Morgan fingerprint density at radius 2 is 1.89 bits per heavy atom. The maximum absolute atomic E-state index is 13.0. The van der Waals surface area contributed by atoms with Crippen LogP contribution in [0.25, 0.3) is 10.9 Å². The minimum absolute atomic E-state index is 0.0690. The topological polar surface area (TPSA) is 71.8 Å². The van der Waals surface area contributed by atoms with Crippen molar-refractivity contribution < 1.29 is 19.4 Å². The van der Waals surface area contributed by atoms with Gasteiger partial charge >= 0.3 is 5.97 Å². The van der Waals surface area contributed by atoms with Crippen molar-refractivity contribution in [2.24, 2.45) is 0 Å². The lowest BCUT2D eigenvalue weighted by molar-refractivity contribution is -0.119. The van der Waals surface area contributed by atoms with E-state index in [1.807, 2.05) is 38.1 Å². The number of nitrogens with zero attached hydrogens (tertiary/aromatic N) is 2. The zero-order valence-corrected chi connectivity index (χ0v) is 15.6. The summed E-state index contributed by atoms with van der Waals surface area (Å²) in [7, 11) is 1.55. The van der Waals surface area contributed by atoms with Crippen LogP contribution in [0.15, 0.2) is 48.5 Å². The molecular formula is C21H22N2O4. The van der Waals surface area contributed by atoms with E-state index in [1.165, 1.54) is 4.57 Å². The second kappa shape index (κ2) is 7.53. The molecule has 1 heterocycles. The molecule has 3 rings (SSSR count). The van der Waals surface area contributed by atoms with Gasteiger partial charge in [0.1, 0.15) is 18.0 Å². The highest BCUT2D eigenvalue weighted by atomic mass is 16.5. The summed E-state index contributed by atoms with van der Waals surface area (Å²) in [4.78, 5) is 26.4. The molecule has 0 bridgehead atoms. The first-order valence-electron chi connectivity index (χ1n) is 8.72. The van der Waals surface area contributed by atoms with Crippen LogP contribution in [0.2, 0.25) is 0 Å². The quantitative estimate of drug-likeness (QED) is 0.722. The number of ether oxygens (including phenoxy) is 1. The van der Waals surface area contributed by atoms with Gasteiger partial charge in [-0.3, -0.25) is 4.79 Å². The number of methoxy groups -OCH3 is 1. The minimum atomic E-state index is -1.07. The smallest absolute Gasteiger partial charge is 0.352 e. The van der Waals surface area contributed by atoms with Crippen molar-refractivity contribution in [1.82, 2.24) is 4.57 Å².